The normalized spacial score (nSPS) is 20.5. The summed E-state index contributed by atoms with van der Waals surface area (Å²) < 4.78 is 23.6. The third kappa shape index (κ3) is 2.66. The molecule has 1 rings (SSSR count). The van der Waals surface area contributed by atoms with E-state index in [4.69, 9.17) is 0 Å². The zero-order valence-electron chi connectivity index (χ0n) is 6.13. The Morgan fingerprint density at radius 2 is 2.10 bits per heavy atom. The van der Waals surface area contributed by atoms with E-state index >= 15 is 0 Å². The van der Waals surface area contributed by atoms with Gasteiger partial charge in [-0.25, -0.2) is 13.1 Å². The first kappa shape index (κ1) is 8.01. The second-order valence-electron chi connectivity index (χ2n) is 2.92. The van der Waals surface area contributed by atoms with Crippen molar-refractivity contribution in [2.45, 2.75) is 19.3 Å². The summed E-state index contributed by atoms with van der Waals surface area (Å²) in [6, 6.07) is 0. The van der Waals surface area contributed by atoms with Crippen LogP contribution < -0.4 is 4.72 Å². The maximum Gasteiger partial charge on any atom is 0.208 e. The number of rotatable bonds is 3. The van der Waals surface area contributed by atoms with Gasteiger partial charge in [-0.1, -0.05) is 6.42 Å². The molecule has 0 saturated heterocycles. The predicted molar refractivity (Wildman–Crippen MR) is 40.2 cm³/mol. The molecule has 0 aromatic carbocycles. The molecule has 0 unspecified atom stereocenters. The highest BCUT2D eigenvalue weighted by Gasteiger charge is 2.17. The molecule has 1 N–H and O–H groups in total. The summed E-state index contributed by atoms with van der Waals surface area (Å²) in [6.45, 7) is 0.638. The van der Waals surface area contributed by atoms with Gasteiger partial charge in [0.25, 0.3) is 0 Å². The SMILES string of the molecule is CS(=O)(=O)NCC1CCC1. The number of hydrogen-bond donors (Lipinski definition) is 1. The highest BCUT2D eigenvalue weighted by molar-refractivity contribution is 7.88. The molecule has 3 nitrogen and oxygen atoms in total. The van der Waals surface area contributed by atoms with Gasteiger partial charge in [0.05, 0.1) is 6.26 Å². The van der Waals surface area contributed by atoms with Crippen LogP contribution in [0.1, 0.15) is 19.3 Å². The van der Waals surface area contributed by atoms with Gasteiger partial charge in [0, 0.05) is 6.54 Å². The fraction of sp³-hybridized carbons (Fsp3) is 1.00. The molecule has 0 heterocycles. The molecule has 0 aromatic rings. The standard InChI is InChI=1S/C6H13NO2S/c1-10(8,9)7-5-6-3-2-4-6/h6-7H,2-5H2,1H3. The van der Waals surface area contributed by atoms with Gasteiger partial charge in [0.15, 0.2) is 0 Å². The van der Waals surface area contributed by atoms with Gasteiger partial charge in [0.1, 0.15) is 0 Å². The van der Waals surface area contributed by atoms with Crippen molar-refractivity contribution in [3.63, 3.8) is 0 Å². The van der Waals surface area contributed by atoms with Crippen molar-refractivity contribution >= 4 is 10.0 Å². The van der Waals surface area contributed by atoms with E-state index in [1.54, 1.807) is 0 Å². The molecule has 0 spiro atoms. The molecular weight excluding hydrogens is 150 g/mol. The topological polar surface area (TPSA) is 46.2 Å². The van der Waals surface area contributed by atoms with Crippen LogP contribution in [-0.2, 0) is 10.0 Å². The maximum absolute atomic E-state index is 10.6. The molecule has 0 atom stereocenters. The number of sulfonamides is 1. The van der Waals surface area contributed by atoms with Gasteiger partial charge >= 0.3 is 0 Å². The first-order valence-corrected chi connectivity index (χ1v) is 5.42. The zero-order valence-corrected chi connectivity index (χ0v) is 6.95. The third-order valence-electron chi connectivity index (χ3n) is 1.86. The van der Waals surface area contributed by atoms with Gasteiger partial charge in [-0.15, -0.1) is 0 Å². The van der Waals surface area contributed by atoms with Crippen molar-refractivity contribution in [3.8, 4) is 0 Å². The van der Waals surface area contributed by atoms with Crippen molar-refractivity contribution in [2.24, 2.45) is 5.92 Å². The fourth-order valence-corrected chi connectivity index (χ4v) is 1.50. The lowest BCUT2D eigenvalue weighted by Gasteiger charge is -2.24. The molecule has 0 bridgehead atoms. The molecule has 1 fully saturated rings. The van der Waals surface area contributed by atoms with E-state index in [1.165, 1.54) is 25.5 Å². The van der Waals surface area contributed by atoms with Crippen molar-refractivity contribution in [1.82, 2.24) is 4.72 Å². The van der Waals surface area contributed by atoms with Gasteiger partial charge in [-0.2, -0.15) is 0 Å². The number of hydrogen-bond acceptors (Lipinski definition) is 2. The van der Waals surface area contributed by atoms with Gasteiger partial charge < -0.3 is 0 Å². The average Bonchev–Trinajstić information content (AvgIpc) is 1.56. The second-order valence-corrected chi connectivity index (χ2v) is 4.75. The molecule has 4 heteroatoms. The summed E-state index contributed by atoms with van der Waals surface area (Å²) in [5, 5.41) is 0. The molecular formula is C6H13NO2S. The van der Waals surface area contributed by atoms with Crippen molar-refractivity contribution in [1.29, 1.82) is 0 Å². The highest BCUT2D eigenvalue weighted by atomic mass is 32.2. The van der Waals surface area contributed by atoms with Crippen LogP contribution in [0.3, 0.4) is 0 Å². The van der Waals surface area contributed by atoms with Crippen molar-refractivity contribution in [3.05, 3.63) is 0 Å². The van der Waals surface area contributed by atoms with E-state index in [-0.39, 0.29) is 0 Å². The molecule has 0 amide bonds. The van der Waals surface area contributed by atoms with Crippen molar-refractivity contribution < 1.29 is 8.42 Å². The molecule has 10 heavy (non-hydrogen) atoms. The highest BCUT2D eigenvalue weighted by Crippen LogP contribution is 2.25. The van der Waals surface area contributed by atoms with Crippen LogP contribution in [0.4, 0.5) is 0 Å². The van der Waals surface area contributed by atoms with E-state index in [0.29, 0.717) is 12.5 Å². The summed E-state index contributed by atoms with van der Waals surface area (Å²) >= 11 is 0. The maximum atomic E-state index is 10.6. The largest absolute Gasteiger partial charge is 0.215 e. The monoisotopic (exact) mass is 163 g/mol. The molecule has 0 aromatic heterocycles. The summed E-state index contributed by atoms with van der Waals surface area (Å²) in [4.78, 5) is 0. The van der Waals surface area contributed by atoms with E-state index < -0.39 is 10.0 Å². The van der Waals surface area contributed by atoms with E-state index in [2.05, 4.69) is 4.72 Å². The molecule has 1 aliphatic rings. The Kier molecular flexibility index (Phi) is 2.31. The van der Waals surface area contributed by atoms with Crippen LogP contribution >= 0.6 is 0 Å². The molecule has 0 radical (unpaired) electrons. The van der Waals surface area contributed by atoms with Gasteiger partial charge in [-0.05, 0) is 18.8 Å². The Morgan fingerprint density at radius 1 is 1.50 bits per heavy atom. The first-order chi connectivity index (χ1) is 4.58. The Labute approximate surface area is 61.9 Å². The molecule has 60 valence electrons. The van der Waals surface area contributed by atoms with E-state index in [1.807, 2.05) is 0 Å². The molecule has 0 aliphatic heterocycles. The van der Waals surface area contributed by atoms with E-state index in [9.17, 15) is 8.42 Å². The molecule has 1 aliphatic carbocycles. The van der Waals surface area contributed by atoms with Crippen LogP contribution in [0.15, 0.2) is 0 Å². The summed E-state index contributed by atoms with van der Waals surface area (Å²) in [5.41, 5.74) is 0. The minimum Gasteiger partial charge on any atom is -0.215 e. The minimum absolute atomic E-state index is 0.606. The lowest BCUT2D eigenvalue weighted by atomic mass is 9.86. The van der Waals surface area contributed by atoms with Gasteiger partial charge in [-0.3, -0.25) is 0 Å². The Balaban J connectivity index is 2.16. The second kappa shape index (κ2) is 2.88. The lowest BCUT2D eigenvalue weighted by molar-refractivity contribution is 0.316. The summed E-state index contributed by atoms with van der Waals surface area (Å²) in [7, 11) is -2.95. The smallest absolute Gasteiger partial charge is 0.208 e. The fourth-order valence-electron chi connectivity index (χ4n) is 0.966. The Hall–Kier alpha value is -0.0900. The van der Waals surface area contributed by atoms with Crippen LogP contribution in [0.5, 0.6) is 0 Å². The molecule has 1 saturated carbocycles. The average molecular weight is 163 g/mol. The summed E-state index contributed by atoms with van der Waals surface area (Å²) in [5.74, 6) is 0.606. The minimum atomic E-state index is -2.95. The summed E-state index contributed by atoms with van der Waals surface area (Å²) in [6.07, 6.45) is 4.83. The first-order valence-electron chi connectivity index (χ1n) is 3.52. The Bertz CT molecular complexity index is 194. The Morgan fingerprint density at radius 3 is 2.40 bits per heavy atom. The van der Waals surface area contributed by atoms with Crippen LogP contribution in [-0.4, -0.2) is 21.2 Å². The van der Waals surface area contributed by atoms with E-state index in [0.717, 1.165) is 0 Å². The predicted octanol–water partition coefficient (Wildman–Crippen LogP) is 0.336. The zero-order chi connectivity index (χ0) is 7.61. The van der Waals surface area contributed by atoms with Crippen LogP contribution in [0.2, 0.25) is 0 Å². The van der Waals surface area contributed by atoms with Gasteiger partial charge in [0.2, 0.25) is 10.0 Å². The number of nitrogens with one attached hydrogen (secondary N) is 1. The van der Waals surface area contributed by atoms with Crippen LogP contribution in [0.25, 0.3) is 0 Å². The quantitative estimate of drug-likeness (QED) is 0.652. The lowest BCUT2D eigenvalue weighted by Crippen LogP contribution is -2.31. The third-order valence-corrected chi connectivity index (χ3v) is 2.55. The van der Waals surface area contributed by atoms with Crippen molar-refractivity contribution in [2.75, 3.05) is 12.8 Å². The van der Waals surface area contributed by atoms with Crippen LogP contribution in [0, 0.1) is 5.92 Å².